The van der Waals surface area contributed by atoms with Crippen LogP contribution in [0.25, 0.3) is 0 Å². The van der Waals surface area contributed by atoms with E-state index in [1.54, 1.807) is 13.8 Å². The molecule has 7 heteroatoms. The Morgan fingerprint density at radius 2 is 1.89 bits per heavy atom. The van der Waals surface area contributed by atoms with Gasteiger partial charge in [0, 0.05) is 19.8 Å². The van der Waals surface area contributed by atoms with Crippen LogP contribution < -0.4 is 5.32 Å². The lowest BCUT2D eigenvalue weighted by Gasteiger charge is -2.18. The third-order valence-electron chi connectivity index (χ3n) is 2.17. The molecule has 18 heavy (non-hydrogen) atoms. The van der Waals surface area contributed by atoms with Crippen LogP contribution in [0, 0.1) is 0 Å². The molecule has 2 atom stereocenters. The second-order valence-corrected chi connectivity index (χ2v) is 6.68. The Labute approximate surface area is 108 Å². The highest BCUT2D eigenvalue weighted by molar-refractivity contribution is 7.58. The molecular formula is C11H22NO5P. The number of carbonyl (C=O) groups is 2. The molecule has 0 fully saturated rings. The topological polar surface area (TPSA) is 81.7 Å². The van der Waals surface area contributed by atoms with Gasteiger partial charge in [0.1, 0.15) is 6.04 Å². The van der Waals surface area contributed by atoms with Gasteiger partial charge in [0.25, 0.3) is 0 Å². The lowest BCUT2D eigenvalue weighted by Crippen LogP contribution is -2.41. The molecule has 0 spiro atoms. The van der Waals surface area contributed by atoms with Crippen LogP contribution in [-0.4, -0.2) is 44.0 Å². The van der Waals surface area contributed by atoms with E-state index in [4.69, 9.17) is 9.26 Å². The molecular weight excluding hydrogens is 257 g/mol. The van der Waals surface area contributed by atoms with E-state index in [0.717, 1.165) is 0 Å². The molecule has 0 aliphatic rings. The summed E-state index contributed by atoms with van der Waals surface area (Å²) in [6.45, 7) is 6.88. The highest BCUT2D eigenvalue weighted by Gasteiger charge is 2.24. The molecule has 0 heterocycles. The minimum Gasteiger partial charge on any atom is -0.464 e. The van der Waals surface area contributed by atoms with Crippen molar-refractivity contribution in [3.05, 3.63) is 0 Å². The van der Waals surface area contributed by atoms with E-state index in [1.807, 2.05) is 0 Å². The molecule has 0 aliphatic carbocycles. The summed E-state index contributed by atoms with van der Waals surface area (Å²) in [5.74, 6) is -0.834. The third kappa shape index (κ3) is 7.45. The van der Waals surface area contributed by atoms with Gasteiger partial charge in [-0.3, -0.25) is 9.36 Å². The molecule has 0 aromatic rings. The Balaban J connectivity index is 4.45. The lowest BCUT2D eigenvalue weighted by atomic mass is 10.2. The number of hydrogen-bond donors (Lipinski definition) is 1. The average Bonchev–Trinajstić information content (AvgIpc) is 2.24. The summed E-state index contributed by atoms with van der Waals surface area (Å²) in [4.78, 5) is 22.6. The van der Waals surface area contributed by atoms with Crippen molar-refractivity contribution in [2.24, 2.45) is 0 Å². The Morgan fingerprint density at radius 3 is 2.33 bits per heavy atom. The van der Waals surface area contributed by atoms with Gasteiger partial charge in [-0.05, 0) is 20.3 Å². The molecule has 0 aliphatic heterocycles. The van der Waals surface area contributed by atoms with Gasteiger partial charge in [0.15, 0.2) is 7.37 Å². The number of nitrogens with one attached hydrogen (secondary N) is 1. The molecule has 1 N–H and O–H groups in total. The Bertz CT molecular complexity index is 331. The first-order valence-corrected chi connectivity index (χ1v) is 8.23. The summed E-state index contributed by atoms with van der Waals surface area (Å²) in [7, 11) is -2.71. The predicted molar refractivity (Wildman–Crippen MR) is 68.9 cm³/mol. The highest BCUT2D eigenvalue weighted by Crippen LogP contribution is 2.43. The van der Waals surface area contributed by atoms with E-state index in [2.05, 4.69) is 5.32 Å². The zero-order valence-corrected chi connectivity index (χ0v) is 12.3. The van der Waals surface area contributed by atoms with Gasteiger partial charge < -0.3 is 14.6 Å². The minimum absolute atomic E-state index is 0.227. The Kier molecular flexibility index (Phi) is 7.87. The number of rotatable bonds is 8. The first kappa shape index (κ1) is 17.1. The number of hydrogen-bond acceptors (Lipinski definition) is 5. The molecule has 0 bridgehead atoms. The van der Waals surface area contributed by atoms with Gasteiger partial charge in [-0.25, -0.2) is 4.79 Å². The zero-order valence-electron chi connectivity index (χ0n) is 11.4. The van der Waals surface area contributed by atoms with Gasteiger partial charge in [-0.1, -0.05) is 0 Å². The lowest BCUT2D eigenvalue weighted by molar-refractivity contribution is -0.147. The first-order valence-electron chi connectivity index (χ1n) is 5.97. The predicted octanol–water partition coefficient (Wildman–Crippen LogP) is 1.39. The van der Waals surface area contributed by atoms with Gasteiger partial charge in [-0.2, -0.15) is 0 Å². The van der Waals surface area contributed by atoms with Crippen molar-refractivity contribution in [2.45, 2.75) is 33.2 Å². The quantitative estimate of drug-likeness (QED) is 0.536. The van der Waals surface area contributed by atoms with Crippen LogP contribution in [0.2, 0.25) is 0 Å². The second kappa shape index (κ2) is 8.27. The molecule has 1 unspecified atom stereocenters. The second-order valence-electron chi connectivity index (χ2n) is 3.95. The van der Waals surface area contributed by atoms with Crippen molar-refractivity contribution < 1.29 is 23.4 Å². The summed E-state index contributed by atoms with van der Waals surface area (Å²) in [5, 5.41) is 2.49. The maximum atomic E-state index is 11.9. The minimum atomic E-state index is -2.71. The number of amides is 1. The standard InChI is InChI=1S/C11H22NO5P/c1-5-16-11(14)10(12-9(3)13)7-8-18(4,15)17-6-2/h10H,5-8H2,1-4H3,(H,12,13)/t10-,18?/m0/s1. The van der Waals surface area contributed by atoms with Crippen LogP contribution in [-0.2, 0) is 23.4 Å². The van der Waals surface area contributed by atoms with Crippen LogP contribution in [0.5, 0.6) is 0 Å². The summed E-state index contributed by atoms with van der Waals surface area (Å²) in [6, 6.07) is -0.767. The van der Waals surface area contributed by atoms with E-state index in [-0.39, 0.29) is 25.1 Å². The number of carbonyl (C=O) groups excluding carboxylic acids is 2. The normalized spacial score (nSPS) is 15.6. The molecule has 106 valence electrons. The molecule has 0 saturated heterocycles. The van der Waals surface area contributed by atoms with Crippen LogP contribution in [0.15, 0.2) is 0 Å². The summed E-state index contributed by atoms with van der Waals surface area (Å²) >= 11 is 0. The molecule has 0 radical (unpaired) electrons. The van der Waals surface area contributed by atoms with E-state index in [9.17, 15) is 14.2 Å². The molecule has 0 aromatic carbocycles. The van der Waals surface area contributed by atoms with Crippen LogP contribution in [0.4, 0.5) is 0 Å². The van der Waals surface area contributed by atoms with Crippen molar-refractivity contribution in [2.75, 3.05) is 26.0 Å². The van der Waals surface area contributed by atoms with Crippen LogP contribution >= 0.6 is 7.37 Å². The number of esters is 1. The van der Waals surface area contributed by atoms with Gasteiger partial charge >= 0.3 is 5.97 Å². The third-order valence-corrected chi connectivity index (χ3v) is 4.05. The van der Waals surface area contributed by atoms with E-state index < -0.39 is 19.4 Å². The Hall–Kier alpha value is -0.870. The number of ether oxygens (including phenoxy) is 1. The van der Waals surface area contributed by atoms with Gasteiger partial charge in [-0.15, -0.1) is 0 Å². The van der Waals surface area contributed by atoms with Crippen molar-refractivity contribution in [1.29, 1.82) is 0 Å². The van der Waals surface area contributed by atoms with Crippen molar-refractivity contribution in [3.8, 4) is 0 Å². The van der Waals surface area contributed by atoms with Crippen LogP contribution in [0.3, 0.4) is 0 Å². The summed E-state index contributed by atoms with van der Waals surface area (Å²) in [6.07, 6.45) is 0.469. The molecule has 6 nitrogen and oxygen atoms in total. The van der Waals surface area contributed by atoms with Crippen molar-refractivity contribution in [1.82, 2.24) is 5.32 Å². The van der Waals surface area contributed by atoms with E-state index in [0.29, 0.717) is 6.61 Å². The molecule has 1 amide bonds. The van der Waals surface area contributed by atoms with Gasteiger partial charge in [0.05, 0.1) is 13.2 Å². The van der Waals surface area contributed by atoms with Crippen LogP contribution in [0.1, 0.15) is 27.2 Å². The fourth-order valence-corrected chi connectivity index (χ4v) is 2.84. The zero-order chi connectivity index (χ0) is 14.2. The maximum Gasteiger partial charge on any atom is 0.328 e. The maximum absolute atomic E-state index is 11.9. The SMILES string of the molecule is CCOC(=O)[C@H](CCP(C)(=O)OCC)NC(C)=O. The largest absolute Gasteiger partial charge is 0.464 e. The first-order chi connectivity index (χ1) is 8.32. The molecule has 0 aromatic heterocycles. The van der Waals surface area contributed by atoms with Gasteiger partial charge in [0.2, 0.25) is 5.91 Å². The summed E-state index contributed by atoms with van der Waals surface area (Å²) < 4.78 is 21.9. The molecule has 0 saturated carbocycles. The Morgan fingerprint density at radius 1 is 1.28 bits per heavy atom. The summed E-state index contributed by atoms with van der Waals surface area (Å²) in [5.41, 5.74) is 0. The highest BCUT2D eigenvalue weighted by atomic mass is 31.2. The monoisotopic (exact) mass is 279 g/mol. The van der Waals surface area contributed by atoms with Crippen molar-refractivity contribution >= 4 is 19.2 Å². The average molecular weight is 279 g/mol. The fourth-order valence-electron chi connectivity index (χ4n) is 1.44. The van der Waals surface area contributed by atoms with E-state index in [1.165, 1.54) is 13.6 Å². The fraction of sp³-hybridized carbons (Fsp3) is 0.818. The van der Waals surface area contributed by atoms with Crippen molar-refractivity contribution in [3.63, 3.8) is 0 Å². The smallest absolute Gasteiger partial charge is 0.328 e. The molecule has 0 rings (SSSR count). The van der Waals surface area contributed by atoms with E-state index >= 15 is 0 Å².